The van der Waals surface area contributed by atoms with Crippen LogP contribution in [-0.4, -0.2) is 30.4 Å². The first kappa shape index (κ1) is 15.8. The van der Waals surface area contributed by atoms with E-state index < -0.39 is 0 Å². The number of amides is 1. The van der Waals surface area contributed by atoms with Gasteiger partial charge in [0, 0.05) is 32.6 Å². The molecule has 0 unspecified atom stereocenters. The highest BCUT2D eigenvalue weighted by Crippen LogP contribution is 2.18. The summed E-state index contributed by atoms with van der Waals surface area (Å²) in [6, 6.07) is 18.9. The molecule has 3 rings (SSSR count). The normalized spacial score (nSPS) is 14.3. The van der Waals surface area contributed by atoms with E-state index in [9.17, 15) is 4.79 Å². The number of carbonyl (C=O) groups is 1. The summed E-state index contributed by atoms with van der Waals surface area (Å²) in [5.41, 5.74) is 4.12. The molecule has 1 amide bonds. The molecule has 120 valence electrons. The van der Waals surface area contributed by atoms with E-state index in [2.05, 4.69) is 46.6 Å². The average Bonchev–Trinajstić information content (AvgIpc) is 2.61. The van der Waals surface area contributed by atoms with Gasteiger partial charge in [-0.25, -0.2) is 0 Å². The molecule has 0 saturated carbocycles. The molecule has 2 aromatic rings. The van der Waals surface area contributed by atoms with E-state index >= 15 is 0 Å². The minimum atomic E-state index is 0.153. The zero-order valence-electron chi connectivity index (χ0n) is 13.5. The van der Waals surface area contributed by atoms with Crippen LogP contribution < -0.4 is 5.32 Å². The topological polar surface area (TPSA) is 32.3 Å². The number of carbonyl (C=O) groups excluding carboxylic acids is 1. The molecule has 1 aliphatic rings. The molecule has 0 radical (unpaired) electrons. The predicted octanol–water partition coefficient (Wildman–Crippen LogP) is 2.79. The number of benzene rings is 2. The zero-order valence-corrected chi connectivity index (χ0v) is 13.5. The number of nitrogens with one attached hydrogen (secondary N) is 1. The second kappa shape index (κ2) is 7.93. The van der Waals surface area contributed by atoms with Gasteiger partial charge in [-0.2, -0.15) is 0 Å². The molecule has 0 aromatic heterocycles. The molecule has 0 bridgehead atoms. The van der Waals surface area contributed by atoms with Gasteiger partial charge in [-0.3, -0.25) is 9.69 Å². The fourth-order valence-electron chi connectivity index (χ4n) is 3.08. The molecular weight excluding hydrogens is 284 g/mol. The molecule has 0 spiro atoms. The van der Waals surface area contributed by atoms with Crippen LogP contribution in [0.2, 0.25) is 0 Å². The van der Waals surface area contributed by atoms with Gasteiger partial charge in [-0.1, -0.05) is 54.6 Å². The van der Waals surface area contributed by atoms with Crippen molar-refractivity contribution >= 4 is 5.91 Å². The van der Waals surface area contributed by atoms with Crippen molar-refractivity contribution in [1.82, 2.24) is 10.2 Å². The largest absolute Gasteiger partial charge is 0.356 e. The quantitative estimate of drug-likeness (QED) is 0.890. The summed E-state index contributed by atoms with van der Waals surface area (Å²) in [5, 5.41) is 3.02. The van der Waals surface area contributed by atoms with Gasteiger partial charge < -0.3 is 5.32 Å². The van der Waals surface area contributed by atoms with Gasteiger partial charge in [0.1, 0.15) is 0 Å². The van der Waals surface area contributed by atoms with Crippen LogP contribution in [0.3, 0.4) is 0 Å². The van der Waals surface area contributed by atoms with E-state index in [0.717, 1.165) is 32.5 Å². The molecular formula is C20H24N2O. The molecule has 1 aliphatic heterocycles. The standard InChI is InChI=1S/C20H24N2O/c23-20(21-13-10-17-6-2-1-3-7-17)12-15-22-14-11-18-8-4-5-9-19(18)16-22/h1-9H,10-16H2,(H,21,23). The van der Waals surface area contributed by atoms with Crippen LogP contribution in [0.15, 0.2) is 54.6 Å². The van der Waals surface area contributed by atoms with E-state index in [1.54, 1.807) is 0 Å². The highest BCUT2D eigenvalue weighted by Gasteiger charge is 2.16. The minimum Gasteiger partial charge on any atom is -0.356 e. The molecule has 3 heteroatoms. The second-order valence-electron chi connectivity index (χ2n) is 6.13. The number of nitrogens with zero attached hydrogens (tertiary/aromatic N) is 1. The van der Waals surface area contributed by atoms with Crippen LogP contribution in [0.25, 0.3) is 0 Å². The molecule has 2 aromatic carbocycles. The van der Waals surface area contributed by atoms with Crippen molar-refractivity contribution in [1.29, 1.82) is 0 Å². The van der Waals surface area contributed by atoms with Crippen LogP contribution >= 0.6 is 0 Å². The smallest absolute Gasteiger partial charge is 0.221 e. The van der Waals surface area contributed by atoms with Gasteiger partial charge in [0.25, 0.3) is 0 Å². The Morgan fingerprint density at radius 3 is 2.57 bits per heavy atom. The Labute approximate surface area is 138 Å². The Kier molecular flexibility index (Phi) is 5.43. The van der Waals surface area contributed by atoms with Gasteiger partial charge in [-0.15, -0.1) is 0 Å². The average molecular weight is 308 g/mol. The molecule has 3 nitrogen and oxygen atoms in total. The maximum atomic E-state index is 12.0. The summed E-state index contributed by atoms with van der Waals surface area (Å²) >= 11 is 0. The number of hydrogen-bond acceptors (Lipinski definition) is 2. The van der Waals surface area contributed by atoms with Crippen LogP contribution in [0, 0.1) is 0 Å². The minimum absolute atomic E-state index is 0.153. The molecule has 0 fully saturated rings. The maximum Gasteiger partial charge on any atom is 0.221 e. The number of rotatable bonds is 6. The number of fused-ring (bicyclic) bond motifs is 1. The summed E-state index contributed by atoms with van der Waals surface area (Å²) in [6.07, 6.45) is 2.56. The number of hydrogen-bond donors (Lipinski definition) is 1. The third-order valence-electron chi connectivity index (χ3n) is 4.44. The summed E-state index contributed by atoms with van der Waals surface area (Å²) in [6.45, 7) is 3.57. The predicted molar refractivity (Wildman–Crippen MR) is 93.2 cm³/mol. The molecule has 1 heterocycles. The van der Waals surface area contributed by atoms with Gasteiger partial charge in [0.05, 0.1) is 0 Å². The van der Waals surface area contributed by atoms with Gasteiger partial charge in [0.2, 0.25) is 5.91 Å². The van der Waals surface area contributed by atoms with Crippen molar-refractivity contribution in [3.63, 3.8) is 0 Å². The first-order valence-electron chi connectivity index (χ1n) is 8.41. The monoisotopic (exact) mass is 308 g/mol. The first-order valence-corrected chi connectivity index (χ1v) is 8.41. The van der Waals surface area contributed by atoms with E-state index in [1.807, 2.05) is 18.2 Å². The third-order valence-corrected chi connectivity index (χ3v) is 4.44. The van der Waals surface area contributed by atoms with Crippen molar-refractivity contribution in [2.75, 3.05) is 19.6 Å². The molecule has 0 aliphatic carbocycles. The van der Waals surface area contributed by atoms with E-state index in [1.165, 1.54) is 16.7 Å². The highest BCUT2D eigenvalue weighted by atomic mass is 16.1. The third kappa shape index (κ3) is 4.67. The Bertz CT molecular complexity index is 639. The zero-order chi connectivity index (χ0) is 15.9. The van der Waals surface area contributed by atoms with Crippen molar-refractivity contribution in [3.8, 4) is 0 Å². The molecule has 0 saturated heterocycles. The lowest BCUT2D eigenvalue weighted by Gasteiger charge is -2.28. The van der Waals surface area contributed by atoms with E-state index in [0.29, 0.717) is 13.0 Å². The Hall–Kier alpha value is -2.13. The Morgan fingerprint density at radius 2 is 1.74 bits per heavy atom. The van der Waals surface area contributed by atoms with Crippen LogP contribution in [-0.2, 0) is 24.2 Å². The molecule has 1 N–H and O–H groups in total. The summed E-state index contributed by atoms with van der Waals surface area (Å²) < 4.78 is 0. The second-order valence-corrected chi connectivity index (χ2v) is 6.13. The van der Waals surface area contributed by atoms with Gasteiger partial charge in [0.15, 0.2) is 0 Å². The summed E-state index contributed by atoms with van der Waals surface area (Å²) in [7, 11) is 0. The van der Waals surface area contributed by atoms with Crippen molar-refractivity contribution < 1.29 is 4.79 Å². The molecule has 23 heavy (non-hydrogen) atoms. The fraction of sp³-hybridized carbons (Fsp3) is 0.350. The van der Waals surface area contributed by atoms with Gasteiger partial charge >= 0.3 is 0 Å². The Morgan fingerprint density at radius 1 is 1.00 bits per heavy atom. The maximum absolute atomic E-state index is 12.0. The lowest BCUT2D eigenvalue weighted by molar-refractivity contribution is -0.121. The van der Waals surface area contributed by atoms with Crippen molar-refractivity contribution in [2.24, 2.45) is 0 Å². The van der Waals surface area contributed by atoms with Crippen LogP contribution in [0.1, 0.15) is 23.1 Å². The van der Waals surface area contributed by atoms with E-state index in [-0.39, 0.29) is 5.91 Å². The van der Waals surface area contributed by atoms with Crippen molar-refractivity contribution in [2.45, 2.75) is 25.8 Å². The highest BCUT2D eigenvalue weighted by molar-refractivity contribution is 5.76. The first-order chi connectivity index (χ1) is 11.3. The van der Waals surface area contributed by atoms with Gasteiger partial charge in [-0.05, 0) is 29.5 Å². The Balaban J connectivity index is 1.37. The summed E-state index contributed by atoms with van der Waals surface area (Å²) in [5.74, 6) is 0.153. The lowest BCUT2D eigenvalue weighted by Crippen LogP contribution is -2.35. The molecule has 0 atom stereocenters. The van der Waals surface area contributed by atoms with Crippen molar-refractivity contribution in [3.05, 3.63) is 71.3 Å². The fourth-order valence-corrected chi connectivity index (χ4v) is 3.08. The van der Waals surface area contributed by atoms with Crippen LogP contribution in [0.5, 0.6) is 0 Å². The van der Waals surface area contributed by atoms with Crippen LogP contribution in [0.4, 0.5) is 0 Å². The summed E-state index contributed by atoms with van der Waals surface area (Å²) in [4.78, 5) is 14.4. The van der Waals surface area contributed by atoms with E-state index in [4.69, 9.17) is 0 Å². The lowest BCUT2D eigenvalue weighted by atomic mass is 10.00. The SMILES string of the molecule is O=C(CCN1CCc2ccccc2C1)NCCc1ccccc1.